The molecule has 0 amide bonds. The van der Waals surface area contributed by atoms with Gasteiger partial charge in [-0.25, -0.2) is 0 Å². The summed E-state index contributed by atoms with van der Waals surface area (Å²) in [5.74, 6) is 6.08. The van der Waals surface area contributed by atoms with Gasteiger partial charge in [-0.05, 0) is 22.3 Å². The van der Waals surface area contributed by atoms with E-state index >= 15 is 0 Å². The summed E-state index contributed by atoms with van der Waals surface area (Å²) in [6.07, 6.45) is 0.682. The van der Waals surface area contributed by atoms with Gasteiger partial charge in [-0.15, -0.1) is 11.8 Å². The number of hydrogen-bond donors (Lipinski definition) is 0. The van der Waals surface area contributed by atoms with Crippen LogP contribution in [0, 0.1) is 11.8 Å². The molecule has 0 aliphatic carbocycles. The van der Waals surface area contributed by atoms with E-state index in [1.807, 2.05) is 6.92 Å². The number of benzene rings is 2. The average Bonchev–Trinajstić information content (AvgIpc) is 2.58. The molecule has 2 aromatic rings. The number of halogens is 1. The molecule has 2 rings (SSSR count). The van der Waals surface area contributed by atoms with Gasteiger partial charge in [0, 0.05) is 6.42 Å². The topological polar surface area (TPSA) is 9.23 Å². The minimum Gasteiger partial charge on any atom is -0.394 e. The third-order valence-corrected chi connectivity index (χ3v) is 10.1. The Morgan fingerprint density at radius 3 is 1.79 bits per heavy atom. The lowest BCUT2D eigenvalue weighted by atomic mass is 10.2. The van der Waals surface area contributed by atoms with E-state index in [-0.39, 0.29) is 10.1 Å². The number of alkyl halides is 1. The van der Waals surface area contributed by atoms with Gasteiger partial charge in [0.05, 0.1) is 0 Å². The van der Waals surface area contributed by atoms with Crippen molar-refractivity contribution in [1.82, 2.24) is 0 Å². The lowest BCUT2D eigenvalue weighted by Gasteiger charge is -2.44. The predicted molar refractivity (Wildman–Crippen MR) is 109 cm³/mol. The van der Waals surface area contributed by atoms with Crippen molar-refractivity contribution in [2.75, 3.05) is 0 Å². The van der Waals surface area contributed by atoms with Crippen LogP contribution in [-0.4, -0.2) is 13.3 Å². The zero-order valence-electron chi connectivity index (χ0n) is 14.8. The molecule has 0 bridgehead atoms. The molecule has 0 fully saturated rings. The van der Waals surface area contributed by atoms with E-state index in [4.69, 9.17) is 4.43 Å². The summed E-state index contributed by atoms with van der Waals surface area (Å²) < 4.78 is 6.83. The van der Waals surface area contributed by atoms with Gasteiger partial charge in [-0.2, -0.15) is 0 Å². The van der Waals surface area contributed by atoms with Gasteiger partial charge in [-0.1, -0.05) is 97.4 Å². The van der Waals surface area contributed by atoms with Crippen molar-refractivity contribution in [3.8, 4) is 11.8 Å². The smallest absolute Gasteiger partial charge is 0.262 e. The highest BCUT2D eigenvalue weighted by Gasteiger charge is 2.51. The first kappa shape index (κ1) is 19.0. The van der Waals surface area contributed by atoms with Crippen molar-refractivity contribution < 1.29 is 4.43 Å². The summed E-state index contributed by atoms with van der Waals surface area (Å²) >= 11 is 3.71. The zero-order chi connectivity index (χ0) is 17.6. The molecular weight excluding hydrogens is 376 g/mol. The van der Waals surface area contributed by atoms with Crippen molar-refractivity contribution in [3.05, 3.63) is 60.7 Å². The standard InChI is InChI=1S/C21H25BrOSi/c1-5-6-17-20(22)23-24(21(2,3)4,18-13-9-7-10-14-18)19-15-11-8-12-16-19/h7-16,20H,17H2,1-4H3. The molecule has 0 saturated heterocycles. The summed E-state index contributed by atoms with van der Waals surface area (Å²) in [6.45, 7) is 8.71. The number of rotatable bonds is 5. The van der Waals surface area contributed by atoms with Gasteiger partial charge in [0.2, 0.25) is 0 Å². The Hall–Kier alpha value is -1.34. The molecule has 0 heterocycles. The first-order chi connectivity index (χ1) is 11.4. The first-order valence-corrected chi connectivity index (χ1v) is 11.1. The van der Waals surface area contributed by atoms with Crippen molar-refractivity contribution >= 4 is 34.6 Å². The van der Waals surface area contributed by atoms with Crippen LogP contribution in [0.4, 0.5) is 0 Å². The lowest BCUT2D eigenvalue weighted by Crippen LogP contribution is -2.67. The van der Waals surface area contributed by atoms with Crippen LogP contribution < -0.4 is 10.4 Å². The molecular formula is C21H25BrOSi. The molecule has 0 radical (unpaired) electrons. The van der Waals surface area contributed by atoms with E-state index in [0.29, 0.717) is 6.42 Å². The monoisotopic (exact) mass is 400 g/mol. The molecule has 1 atom stereocenters. The molecule has 0 N–H and O–H groups in total. The van der Waals surface area contributed by atoms with Gasteiger partial charge in [0.1, 0.15) is 5.01 Å². The van der Waals surface area contributed by atoms with E-state index in [1.165, 1.54) is 10.4 Å². The van der Waals surface area contributed by atoms with Crippen LogP contribution in [0.25, 0.3) is 0 Å². The molecule has 2 aromatic carbocycles. The van der Waals surface area contributed by atoms with E-state index in [9.17, 15) is 0 Å². The van der Waals surface area contributed by atoms with E-state index in [0.717, 1.165) is 0 Å². The minimum atomic E-state index is -2.48. The van der Waals surface area contributed by atoms with Crippen LogP contribution in [-0.2, 0) is 4.43 Å². The summed E-state index contributed by atoms with van der Waals surface area (Å²) in [6, 6.07) is 21.3. The Morgan fingerprint density at radius 2 is 1.42 bits per heavy atom. The van der Waals surface area contributed by atoms with Crippen LogP contribution in [0.15, 0.2) is 60.7 Å². The van der Waals surface area contributed by atoms with Crippen LogP contribution >= 0.6 is 15.9 Å². The molecule has 0 spiro atoms. The van der Waals surface area contributed by atoms with E-state index in [2.05, 4.69) is 109 Å². The van der Waals surface area contributed by atoms with Crippen LogP contribution in [0.3, 0.4) is 0 Å². The molecule has 0 aliphatic rings. The van der Waals surface area contributed by atoms with Crippen LogP contribution in [0.2, 0.25) is 5.04 Å². The van der Waals surface area contributed by atoms with Crippen molar-refractivity contribution in [1.29, 1.82) is 0 Å². The highest BCUT2D eigenvalue weighted by Crippen LogP contribution is 2.38. The first-order valence-electron chi connectivity index (χ1n) is 8.24. The molecule has 24 heavy (non-hydrogen) atoms. The summed E-state index contributed by atoms with van der Waals surface area (Å²) in [4.78, 5) is 0. The van der Waals surface area contributed by atoms with Crippen LogP contribution in [0.5, 0.6) is 0 Å². The molecule has 0 saturated carbocycles. The third-order valence-electron chi connectivity index (χ3n) is 4.16. The molecule has 126 valence electrons. The molecule has 3 heteroatoms. The minimum absolute atomic E-state index is 0.0125. The summed E-state index contributed by atoms with van der Waals surface area (Å²) in [5.41, 5.74) is 0. The fraction of sp³-hybridized carbons (Fsp3) is 0.333. The SMILES string of the molecule is CC#CCC(Br)O[Si](c1ccccc1)(c1ccccc1)C(C)(C)C. The Labute approximate surface area is 155 Å². The van der Waals surface area contributed by atoms with E-state index in [1.54, 1.807) is 0 Å². The fourth-order valence-electron chi connectivity index (χ4n) is 3.11. The highest BCUT2D eigenvalue weighted by molar-refractivity contribution is 9.09. The van der Waals surface area contributed by atoms with Gasteiger partial charge >= 0.3 is 0 Å². The Morgan fingerprint density at radius 1 is 0.958 bits per heavy atom. The Bertz CT molecular complexity index is 656. The second kappa shape index (κ2) is 8.16. The van der Waals surface area contributed by atoms with Crippen molar-refractivity contribution in [2.45, 2.75) is 44.2 Å². The van der Waals surface area contributed by atoms with Gasteiger partial charge in [-0.3, -0.25) is 0 Å². The quantitative estimate of drug-likeness (QED) is 0.401. The zero-order valence-corrected chi connectivity index (χ0v) is 17.4. The summed E-state index contributed by atoms with van der Waals surface area (Å²) in [7, 11) is -2.48. The normalized spacial score (nSPS) is 13.0. The molecule has 0 aromatic heterocycles. The molecule has 0 aliphatic heterocycles. The summed E-state index contributed by atoms with van der Waals surface area (Å²) in [5, 5.41) is 2.48. The van der Waals surface area contributed by atoms with Gasteiger partial charge < -0.3 is 4.43 Å². The second-order valence-electron chi connectivity index (χ2n) is 6.82. The lowest BCUT2D eigenvalue weighted by molar-refractivity contribution is 0.281. The van der Waals surface area contributed by atoms with Gasteiger partial charge in [0.25, 0.3) is 8.32 Å². The predicted octanol–water partition coefficient (Wildman–Crippen LogP) is 4.70. The maximum atomic E-state index is 6.83. The van der Waals surface area contributed by atoms with Crippen molar-refractivity contribution in [3.63, 3.8) is 0 Å². The average molecular weight is 401 g/mol. The van der Waals surface area contributed by atoms with Crippen molar-refractivity contribution in [2.24, 2.45) is 0 Å². The second-order valence-corrected chi connectivity index (χ2v) is 12.1. The largest absolute Gasteiger partial charge is 0.394 e. The molecule has 1 nitrogen and oxygen atoms in total. The third kappa shape index (κ3) is 4.00. The molecule has 1 unspecified atom stereocenters. The van der Waals surface area contributed by atoms with Crippen LogP contribution in [0.1, 0.15) is 34.1 Å². The maximum absolute atomic E-state index is 6.83. The fourth-order valence-corrected chi connectivity index (χ4v) is 8.59. The Balaban J connectivity index is 2.63. The number of hydrogen-bond acceptors (Lipinski definition) is 1. The highest BCUT2D eigenvalue weighted by atomic mass is 79.9. The van der Waals surface area contributed by atoms with Gasteiger partial charge in [0.15, 0.2) is 0 Å². The Kier molecular flexibility index (Phi) is 6.45. The maximum Gasteiger partial charge on any atom is 0.262 e. The van der Waals surface area contributed by atoms with E-state index < -0.39 is 8.32 Å².